The molecular weight excluding hydrogens is 250 g/mol. The number of carboxylic acids is 1. The summed E-state index contributed by atoms with van der Waals surface area (Å²) in [5, 5.41) is 8.96. The standard InChI is InChI=1S/C13H13NO5/c1-7-11(13(15)16)14-12(19-7)9-5-4-8(17-2)6-10(9)18-3/h4-6H,1-3H3,(H,15,16). The fourth-order valence-corrected chi connectivity index (χ4v) is 1.69. The highest BCUT2D eigenvalue weighted by atomic mass is 16.5. The molecule has 1 N–H and O–H groups in total. The molecule has 0 saturated carbocycles. The number of aromatic nitrogens is 1. The zero-order valence-electron chi connectivity index (χ0n) is 10.8. The smallest absolute Gasteiger partial charge is 0.358 e. The summed E-state index contributed by atoms with van der Waals surface area (Å²) < 4.78 is 15.7. The Labute approximate surface area is 109 Å². The highest BCUT2D eigenvalue weighted by Gasteiger charge is 2.19. The molecular formula is C13H13NO5. The fourth-order valence-electron chi connectivity index (χ4n) is 1.69. The highest BCUT2D eigenvalue weighted by molar-refractivity contribution is 5.87. The molecule has 1 heterocycles. The normalized spacial score (nSPS) is 10.3. The maximum atomic E-state index is 10.9. The van der Waals surface area contributed by atoms with Crippen molar-refractivity contribution in [3.63, 3.8) is 0 Å². The molecule has 0 radical (unpaired) electrons. The van der Waals surface area contributed by atoms with Crippen LogP contribution in [0.15, 0.2) is 22.6 Å². The molecule has 0 atom stereocenters. The maximum Gasteiger partial charge on any atom is 0.358 e. The predicted molar refractivity (Wildman–Crippen MR) is 66.7 cm³/mol. The predicted octanol–water partition coefficient (Wildman–Crippen LogP) is 2.37. The number of hydrogen-bond donors (Lipinski definition) is 1. The van der Waals surface area contributed by atoms with Crippen LogP contribution in [-0.4, -0.2) is 30.3 Å². The van der Waals surface area contributed by atoms with Crippen LogP contribution in [0.3, 0.4) is 0 Å². The van der Waals surface area contributed by atoms with E-state index in [-0.39, 0.29) is 17.3 Å². The van der Waals surface area contributed by atoms with Gasteiger partial charge in [0.05, 0.1) is 19.8 Å². The molecule has 0 aliphatic rings. The van der Waals surface area contributed by atoms with Gasteiger partial charge in [-0.2, -0.15) is 0 Å². The van der Waals surface area contributed by atoms with Crippen molar-refractivity contribution in [3.8, 4) is 23.0 Å². The summed E-state index contributed by atoms with van der Waals surface area (Å²) >= 11 is 0. The van der Waals surface area contributed by atoms with Gasteiger partial charge in [-0.15, -0.1) is 0 Å². The average Bonchev–Trinajstić information content (AvgIpc) is 2.80. The van der Waals surface area contributed by atoms with Crippen LogP contribution in [0.2, 0.25) is 0 Å². The molecule has 100 valence electrons. The van der Waals surface area contributed by atoms with Crippen LogP contribution in [0.4, 0.5) is 0 Å². The SMILES string of the molecule is COc1ccc(-c2nc(C(=O)O)c(C)o2)c(OC)c1. The summed E-state index contributed by atoms with van der Waals surface area (Å²) in [7, 11) is 3.05. The minimum Gasteiger partial charge on any atom is -0.497 e. The molecule has 6 nitrogen and oxygen atoms in total. The number of carbonyl (C=O) groups is 1. The molecule has 1 aromatic heterocycles. The van der Waals surface area contributed by atoms with Crippen molar-refractivity contribution in [1.29, 1.82) is 0 Å². The fraction of sp³-hybridized carbons (Fsp3) is 0.231. The summed E-state index contributed by atoms with van der Waals surface area (Å²) in [5.41, 5.74) is 0.465. The van der Waals surface area contributed by atoms with Crippen LogP contribution in [0, 0.1) is 6.92 Å². The lowest BCUT2D eigenvalue weighted by Crippen LogP contribution is -1.98. The van der Waals surface area contributed by atoms with Crippen molar-refractivity contribution in [1.82, 2.24) is 4.98 Å². The highest BCUT2D eigenvalue weighted by Crippen LogP contribution is 2.33. The van der Waals surface area contributed by atoms with Gasteiger partial charge in [0.15, 0.2) is 5.69 Å². The molecule has 0 amide bonds. The number of ether oxygens (including phenoxy) is 2. The van der Waals surface area contributed by atoms with Gasteiger partial charge in [0, 0.05) is 6.07 Å². The van der Waals surface area contributed by atoms with Crippen molar-refractivity contribution in [3.05, 3.63) is 29.7 Å². The molecule has 0 fully saturated rings. The van der Waals surface area contributed by atoms with E-state index in [0.717, 1.165) is 0 Å². The monoisotopic (exact) mass is 263 g/mol. The second-order valence-electron chi connectivity index (χ2n) is 3.80. The molecule has 2 aromatic rings. The van der Waals surface area contributed by atoms with E-state index in [9.17, 15) is 4.79 Å². The lowest BCUT2D eigenvalue weighted by molar-refractivity contribution is 0.0689. The maximum absolute atomic E-state index is 10.9. The number of nitrogens with zero attached hydrogens (tertiary/aromatic N) is 1. The van der Waals surface area contributed by atoms with E-state index < -0.39 is 5.97 Å². The number of aromatic carboxylic acids is 1. The van der Waals surface area contributed by atoms with Crippen molar-refractivity contribution in [2.24, 2.45) is 0 Å². The van der Waals surface area contributed by atoms with Crippen molar-refractivity contribution < 1.29 is 23.8 Å². The third-order valence-electron chi connectivity index (χ3n) is 2.64. The van der Waals surface area contributed by atoms with E-state index >= 15 is 0 Å². The van der Waals surface area contributed by atoms with Crippen molar-refractivity contribution in [2.45, 2.75) is 6.92 Å². The number of aryl methyl sites for hydroxylation is 1. The van der Waals surface area contributed by atoms with E-state index in [4.69, 9.17) is 19.0 Å². The van der Waals surface area contributed by atoms with Gasteiger partial charge in [0.25, 0.3) is 0 Å². The number of rotatable bonds is 4. The number of benzene rings is 1. The molecule has 1 aromatic carbocycles. The van der Waals surface area contributed by atoms with E-state index in [1.54, 1.807) is 32.2 Å². The Bertz CT molecular complexity index is 617. The van der Waals surface area contributed by atoms with Crippen LogP contribution in [0.5, 0.6) is 11.5 Å². The van der Waals surface area contributed by atoms with Crippen molar-refractivity contribution in [2.75, 3.05) is 14.2 Å². The van der Waals surface area contributed by atoms with Crippen LogP contribution in [-0.2, 0) is 0 Å². The quantitative estimate of drug-likeness (QED) is 0.911. The molecule has 19 heavy (non-hydrogen) atoms. The van der Waals surface area contributed by atoms with E-state index in [2.05, 4.69) is 4.98 Å². The molecule has 0 unspecified atom stereocenters. The molecule has 0 saturated heterocycles. The minimum atomic E-state index is -1.13. The second kappa shape index (κ2) is 5.01. The molecule has 0 spiro atoms. The molecule has 0 aliphatic heterocycles. The van der Waals surface area contributed by atoms with Gasteiger partial charge in [-0.25, -0.2) is 9.78 Å². The first-order valence-corrected chi connectivity index (χ1v) is 5.50. The van der Waals surface area contributed by atoms with Gasteiger partial charge in [-0.1, -0.05) is 0 Å². The summed E-state index contributed by atoms with van der Waals surface area (Å²) in [6.07, 6.45) is 0. The van der Waals surface area contributed by atoms with Gasteiger partial charge >= 0.3 is 5.97 Å². The molecule has 2 rings (SSSR count). The summed E-state index contributed by atoms with van der Waals surface area (Å²) in [5.74, 6) is 0.453. The first kappa shape index (κ1) is 12.9. The van der Waals surface area contributed by atoms with Gasteiger partial charge < -0.3 is 19.0 Å². The van der Waals surface area contributed by atoms with Crippen LogP contribution in [0.25, 0.3) is 11.5 Å². The second-order valence-corrected chi connectivity index (χ2v) is 3.80. The van der Waals surface area contributed by atoms with Crippen LogP contribution < -0.4 is 9.47 Å². The van der Waals surface area contributed by atoms with Gasteiger partial charge in [0.2, 0.25) is 5.89 Å². The number of oxazole rings is 1. The lowest BCUT2D eigenvalue weighted by atomic mass is 10.2. The Hall–Kier alpha value is -2.50. The molecule has 6 heteroatoms. The Morgan fingerprint density at radius 1 is 1.32 bits per heavy atom. The Morgan fingerprint density at radius 3 is 2.58 bits per heavy atom. The van der Waals surface area contributed by atoms with Crippen molar-refractivity contribution >= 4 is 5.97 Å². The third-order valence-corrected chi connectivity index (χ3v) is 2.64. The first-order chi connectivity index (χ1) is 9.06. The summed E-state index contributed by atoms with van der Waals surface area (Å²) in [6, 6.07) is 5.10. The first-order valence-electron chi connectivity index (χ1n) is 5.50. The number of hydrogen-bond acceptors (Lipinski definition) is 5. The Morgan fingerprint density at radius 2 is 2.05 bits per heavy atom. The topological polar surface area (TPSA) is 81.8 Å². The van der Waals surface area contributed by atoms with E-state index in [0.29, 0.717) is 17.1 Å². The zero-order valence-corrected chi connectivity index (χ0v) is 10.8. The number of carboxylic acid groups (broad SMARTS) is 1. The minimum absolute atomic E-state index is 0.104. The Balaban J connectivity index is 2.52. The van der Waals surface area contributed by atoms with Crippen LogP contribution in [0.1, 0.15) is 16.2 Å². The van der Waals surface area contributed by atoms with Gasteiger partial charge in [0.1, 0.15) is 17.3 Å². The average molecular weight is 263 g/mol. The summed E-state index contributed by atoms with van der Waals surface area (Å²) in [4.78, 5) is 14.9. The molecule has 0 aliphatic carbocycles. The lowest BCUT2D eigenvalue weighted by Gasteiger charge is -2.07. The number of methoxy groups -OCH3 is 2. The van der Waals surface area contributed by atoms with E-state index in [1.807, 2.05) is 0 Å². The van der Waals surface area contributed by atoms with Crippen LogP contribution >= 0.6 is 0 Å². The molecule has 0 bridgehead atoms. The van der Waals surface area contributed by atoms with Gasteiger partial charge in [-0.05, 0) is 19.1 Å². The summed E-state index contributed by atoms with van der Waals surface area (Å²) in [6.45, 7) is 1.55. The Kier molecular flexibility index (Phi) is 3.41. The third kappa shape index (κ3) is 2.37. The van der Waals surface area contributed by atoms with Gasteiger partial charge in [-0.3, -0.25) is 0 Å². The zero-order chi connectivity index (χ0) is 14.0. The van der Waals surface area contributed by atoms with E-state index in [1.165, 1.54) is 7.11 Å². The largest absolute Gasteiger partial charge is 0.497 e.